The predicted molar refractivity (Wildman–Crippen MR) is 81.8 cm³/mol. The van der Waals surface area contributed by atoms with Gasteiger partial charge in [0.1, 0.15) is 11.4 Å². The summed E-state index contributed by atoms with van der Waals surface area (Å²) in [5.74, 6) is -0.612. The number of thioether (sulfide) groups is 1. The number of hydrogen-bond acceptors (Lipinski definition) is 4. The Kier molecular flexibility index (Phi) is 4.55. The van der Waals surface area contributed by atoms with Gasteiger partial charge < -0.3 is 4.74 Å². The van der Waals surface area contributed by atoms with Crippen LogP contribution in [-0.4, -0.2) is 27.5 Å². The minimum absolute atomic E-state index is 0.00264. The lowest BCUT2D eigenvalue weighted by atomic mass is 10.1. The van der Waals surface area contributed by atoms with Crippen LogP contribution in [0.15, 0.2) is 41.7 Å². The van der Waals surface area contributed by atoms with Crippen LogP contribution < -0.4 is 4.74 Å². The average molecular weight is 375 g/mol. The van der Waals surface area contributed by atoms with Crippen molar-refractivity contribution < 1.29 is 26.7 Å². The van der Waals surface area contributed by atoms with Gasteiger partial charge in [0.2, 0.25) is 0 Å². The molecule has 0 spiro atoms. The van der Waals surface area contributed by atoms with E-state index in [2.05, 4.69) is 14.9 Å². The molecule has 0 radical (unpaired) electrons. The third kappa shape index (κ3) is 3.39. The number of fused-ring (bicyclic) bond motifs is 1. The van der Waals surface area contributed by atoms with Gasteiger partial charge in [-0.05, 0) is 36.6 Å². The van der Waals surface area contributed by atoms with Gasteiger partial charge in [-0.25, -0.2) is 0 Å². The van der Waals surface area contributed by atoms with Gasteiger partial charge in [-0.15, -0.1) is 10.2 Å². The molecule has 0 saturated carbocycles. The number of aromatic nitrogens is 3. The van der Waals surface area contributed by atoms with Crippen LogP contribution in [0.4, 0.5) is 22.0 Å². The minimum Gasteiger partial charge on any atom is -0.434 e. The first-order chi connectivity index (χ1) is 11.8. The van der Waals surface area contributed by atoms with Crippen molar-refractivity contribution in [3.8, 4) is 17.0 Å². The molecule has 0 bridgehead atoms. The highest BCUT2D eigenvalue weighted by Crippen LogP contribution is 2.38. The Morgan fingerprint density at radius 1 is 1.16 bits per heavy atom. The Labute approximate surface area is 142 Å². The van der Waals surface area contributed by atoms with Crippen LogP contribution >= 0.6 is 11.8 Å². The van der Waals surface area contributed by atoms with Crippen molar-refractivity contribution in [2.45, 2.75) is 17.9 Å². The number of ether oxygens (including phenoxy) is 1. The van der Waals surface area contributed by atoms with E-state index in [0.717, 1.165) is 12.1 Å². The molecular formula is C15H10F5N3OS. The lowest BCUT2D eigenvalue weighted by Gasteiger charge is -2.14. The van der Waals surface area contributed by atoms with Crippen molar-refractivity contribution in [3.63, 3.8) is 0 Å². The molecule has 0 aliphatic carbocycles. The fourth-order valence-electron chi connectivity index (χ4n) is 2.35. The van der Waals surface area contributed by atoms with Crippen LogP contribution in [0, 0.1) is 0 Å². The van der Waals surface area contributed by atoms with E-state index >= 15 is 0 Å². The number of alkyl halides is 5. The third-order valence-corrected chi connectivity index (χ3v) is 4.04. The summed E-state index contributed by atoms with van der Waals surface area (Å²) < 4.78 is 69.9. The van der Waals surface area contributed by atoms with Crippen molar-refractivity contribution in [2.75, 3.05) is 6.26 Å². The van der Waals surface area contributed by atoms with Gasteiger partial charge >= 0.3 is 12.8 Å². The van der Waals surface area contributed by atoms with Crippen LogP contribution in [0.1, 0.15) is 5.56 Å². The Bertz CT molecular complexity index is 910. The van der Waals surface area contributed by atoms with E-state index in [1.807, 2.05) is 0 Å². The van der Waals surface area contributed by atoms with Gasteiger partial charge in [0.15, 0.2) is 5.16 Å². The van der Waals surface area contributed by atoms with E-state index in [1.54, 1.807) is 29.0 Å². The van der Waals surface area contributed by atoms with Gasteiger partial charge in [0.05, 0.1) is 11.1 Å². The molecule has 1 aromatic carbocycles. The smallest absolute Gasteiger partial charge is 0.416 e. The first kappa shape index (κ1) is 17.5. The molecule has 0 amide bonds. The molecule has 0 unspecified atom stereocenters. The second kappa shape index (κ2) is 6.51. The molecule has 0 fully saturated rings. The number of benzene rings is 1. The fraction of sp³-hybridized carbons (Fsp3) is 0.200. The first-order valence-corrected chi connectivity index (χ1v) is 8.08. The molecule has 0 N–H and O–H groups in total. The third-order valence-electron chi connectivity index (χ3n) is 3.40. The number of halogens is 5. The molecule has 2 heterocycles. The summed E-state index contributed by atoms with van der Waals surface area (Å²) in [4.78, 5) is 0. The molecule has 132 valence electrons. The second-order valence-corrected chi connectivity index (χ2v) is 5.66. The van der Waals surface area contributed by atoms with Crippen LogP contribution in [0.5, 0.6) is 5.75 Å². The second-order valence-electron chi connectivity index (χ2n) is 4.89. The lowest BCUT2D eigenvalue weighted by Crippen LogP contribution is -2.09. The molecule has 0 aliphatic rings. The highest BCUT2D eigenvalue weighted by atomic mass is 32.2. The summed E-state index contributed by atoms with van der Waals surface area (Å²) in [6.07, 6.45) is -1.21. The monoisotopic (exact) mass is 375 g/mol. The zero-order valence-electron chi connectivity index (χ0n) is 12.6. The molecule has 0 aliphatic heterocycles. The van der Waals surface area contributed by atoms with Gasteiger partial charge in [0.25, 0.3) is 0 Å². The van der Waals surface area contributed by atoms with Gasteiger partial charge in [0, 0.05) is 11.8 Å². The van der Waals surface area contributed by atoms with Gasteiger partial charge in [-0.3, -0.25) is 4.40 Å². The van der Waals surface area contributed by atoms with Crippen LogP contribution in [0.2, 0.25) is 0 Å². The maximum atomic E-state index is 12.9. The largest absolute Gasteiger partial charge is 0.434 e. The Balaban J connectivity index is 2.21. The number of rotatable bonds is 4. The summed E-state index contributed by atoms with van der Waals surface area (Å²) in [5.41, 5.74) is -0.436. The van der Waals surface area contributed by atoms with E-state index < -0.39 is 24.1 Å². The quantitative estimate of drug-likeness (QED) is 0.488. The molecule has 25 heavy (non-hydrogen) atoms. The molecule has 2 aromatic heterocycles. The number of nitrogens with zero attached hydrogens (tertiary/aromatic N) is 3. The molecule has 4 nitrogen and oxygen atoms in total. The fourth-order valence-corrected chi connectivity index (χ4v) is 2.83. The van der Waals surface area contributed by atoms with Gasteiger partial charge in [-0.1, -0.05) is 11.8 Å². The summed E-state index contributed by atoms with van der Waals surface area (Å²) in [6, 6.07) is 5.73. The van der Waals surface area contributed by atoms with Crippen LogP contribution in [-0.2, 0) is 6.18 Å². The standard InChI is InChI=1S/C15H10F5N3OS/c1-25-14-22-21-12(10-3-2-6-23(10)14)9-5-4-8(15(18,19)20)7-11(9)24-13(16)17/h2-7,13H,1H3. The molecule has 10 heteroatoms. The van der Waals surface area contributed by atoms with Gasteiger partial charge in [-0.2, -0.15) is 22.0 Å². The van der Waals surface area contributed by atoms with E-state index in [1.165, 1.54) is 11.8 Å². The molecule has 3 rings (SSSR count). The summed E-state index contributed by atoms with van der Waals surface area (Å²) in [6.45, 7) is -3.27. The zero-order valence-corrected chi connectivity index (χ0v) is 13.4. The molecule has 0 atom stereocenters. The molecule has 3 aromatic rings. The Morgan fingerprint density at radius 2 is 1.92 bits per heavy atom. The predicted octanol–water partition coefficient (Wildman–Crippen LogP) is 4.74. The lowest BCUT2D eigenvalue weighted by molar-refractivity contribution is -0.138. The van der Waals surface area contributed by atoms with Crippen molar-refractivity contribution in [1.82, 2.24) is 14.6 Å². The minimum atomic E-state index is -4.68. The van der Waals surface area contributed by atoms with Crippen LogP contribution in [0.3, 0.4) is 0 Å². The zero-order chi connectivity index (χ0) is 18.2. The van der Waals surface area contributed by atoms with E-state index in [4.69, 9.17) is 0 Å². The maximum absolute atomic E-state index is 12.9. The summed E-state index contributed by atoms with van der Waals surface area (Å²) >= 11 is 1.32. The van der Waals surface area contributed by atoms with Crippen molar-refractivity contribution in [3.05, 3.63) is 42.1 Å². The molecular weight excluding hydrogens is 365 g/mol. The summed E-state index contributed by atoms with van der Waals surface area (Å²) in [7, 11) is 0. The van der Waals surface area contributed by atoms with Crippen molar-refractivity contribution in [2.24, 2.45) is 0 Å². The first-order valence-electron chi connectivity index (χ1n) is 6.85. The Hall–Kier alpha value is -2.36. The number of hydrogen-bond donors (Lipinski definition) is 0. The Morgan fingerprint density at radius 3 is 2.56 bits per heavy atom. The normalized spacial score (nSPS) is 12.1. The van der Waals surface area contributed by atoms with Crippen molar-refractivity contribution in [1.29, 1.82) is 0 Å². The van der Waals surface area contributed by atoms with E-state index in [0.29, 0.717) is 16.7 Å². The van der Waals surface area contributed by atoms with Crippen molar-refractivity contribution >= 4 is 17.3 Å². The average Bonchev–Trinajstić information content (AvgIpc) is 3.02. The van der Waals surface area contributed by atoms with E-state index in [-0.39, 0.29) is 11.3 Å². The topological polar surface area (TPSA) is 39.4 Å². The molecule has 0 saturated heterocycles. The van der Waals surface area contributed by atoms with E-state index in [9.17, 15) is 22.0 Å². The maximum Gasteiger partial charge on any atom is 0.416 e. The highest BCUT2D eigenvalue weighted by Gasteiger charge is 2.32. The SMILES string of the molecule is CSc1nnc(-c2ccc(C(F)(F)F)cc2OC(F)F)c2cccn12. The highest BCUT2D eigenvalue weighted by molar-refractivity contribution is 7.98. The summed E-state index contributed by atoms with van der Waals surface area (Å²) in [5, 5.41) is 8.51. The van der Waals surface area contributed by atoms with Crippen LogP contribution in [0.25, 0.3) is 16.8 Å².